The van der Waals surface area contributed by atoms with Crippen molar-refractivity contribution in [3.63, 3.8) is 0 Å². The SMILES string of the molecule is CCc1nn(CC)c(CC(N)Cc2ccsc2)c1Br. The zero-order valence-corrected chi connectivity index (χ0v) is 13.8. The quantitative estimate of drug-likeness (QED) is 0.874. The van der Waals surface area contributed by atoms with Crippen molar-refractivity contribution >= 4 is 27.3 Å². The normalized spacial score (nSPS) is 12.8. The Hall–Kier alpha value is -0.650. The van der Waals surface area contributed by atoms with Gasteiger partial charge in [-0.15, -0.1) is 0 Å². The third-order valence-electron chi connectivity index (χ3n) is 3.23. The van der Waals surface area contributed by atoms with Crippen molar-refractivity contribution in [2.45, 2.75) is 45.7 Å². The van der Waals surface area contributed by atoms with Gasteiger partial charge < -0.3 is 5.73 Å². The van der Waals surface area contributed by atoms with Gasteiger partial charge in [0.15, 0.2) is 0 Å². The standard InChI is InChI=1S/C14H20BrN3S/c1-3-12-14(15)13(18(4-2)17-12)8-11(16)7-10-5-6-19-9-10/h5-6,9,11H,3-4,7-8,16H2,1-2H3. The number of hydrogen-bond acceptors (Lipinski definition) is 3. The molecule has 0 aliphatic rings. The molecule has 0 fully saturated rings. The fourth-order valence-corrected chi connectivity index (χ4v) is 3.65. The van der Waals surface area contributed by atoms with Crippen molar-refractivity contribution in [1.29, 1.82) is 0 Å². The highest BCUT2D eigenvalue weighted by atomic mass is 79.9. The lowest BCUT2D eigenvalue weighted by atomic mass is 10.0. The van der Waals surface area contributed by atoms with E-state index in [0.717, 1.165) is 36.0 Å². The molecule has 0 spiro atoms. The number of rotatable bonds is 6. The highest BCUT2D eigenvalue weighted by molar-refractivity contribution is 9.10. The molecule has 0 saturated heterocycles. The minimum Gasteiger partial charge on any atom is -0.327 e. The summed E-state index contributed by atoms with van der Waals surface area (Å²) >= 11 is 5.40. The van der Waals surface area contributed by atoms with Crippen LogP contribution >= 0.6 is 27.3 Å². The smallest absolute Gasteiger partial charge is 0.0766 e. The Morgan fingerprint density at radius 2 is 2.21 bits per heavy atom. The van der Waals surface area contributed by atoms with Gasteiger partial charge in [0.2, 0.25) is 0 Å². The first-order chi connectivity index (χ1) is 9.15. The predicted octanol–water partition coefficient (Wildman–Crippen LogP) is 3.40. The molecular weight excluding hydrogens is 322 g/mol. The molecule has 2 rings (SSSR count). The zero-order chi connectivity index (χ0) is 13.8. The van der Waals surface area contributed by atoms with E-state index in [4.69, 9.17) is 5.73 Å². The van der Waals surface area contributed by atoms with E-state index >= 15 is 0 Å². The van der Waals surface area contributed by atoms with Crippen molar-refractivity contribution < 1.29 is 0 Å². The van der Waals surface area contributed by atoms with Gasteiger partial charge in [-0.3, -0.25) is 4.68 Å². The van der Waals surface area contributed by atoms with E-state index in [2.05, 4.69) is 56.4 Å². The molecule has 2 aromatic heterocycles. The van der Waals surface area contributed by atoms with Gasteiger partial charge in [0, 0.05) is 19.0 Å². The van der Waals surface area contributed by atoms with Gasteiger partial charge in [-0.2, -0.15) is 16.4 Å². The number of aromatic nitrogens is 2. The Morgan fingerprint density at radius 1 is 1.42 bits per heavy atom. The molecule has 0 aliphatic heterocycles. The third-order valence-corrected chi connectivity index (χ3v) is 4.88. The zero-order valence-electron chi connectivity index (χ0n) is 11.4. The topological polar surface area (TPSA) is 43.8 Å². The van der Waals surface area contributed by atoms with Crippen LogP contribution in [0, 0.1) is 0 Å². The number of aryl methyl sites for hydroxylation is 2. The van der Waals surface area contributed by atoms with E-state index in [1.807, 2.05) is 0 Å². The summed E-state index contributed by atoms with van der Waals surface area (Å²) in [5.41, 5.74) is 9.96. The van der Waals surface area contributed by atoms with Crippen LogP contribution in [0.15, 0.2) is 21.3 Å². The van der Waals surface area contributed by atoms with E-state index in [9.17, 15) is 0 Å². The molecule has 0 saturated carbocycles. The van der Waals surface area contributed by atoms with Crippen molar-refractivity contribution in [2.75, 3.05) is 0 Å². The molecular formula is C14H20BrN3S. The first-order valence-corrected chi connectivity index (χ1v) is 8.40. The maximum Gasteiger partial charge on any atom is 0.0766 e. The van der Waals surface area contributed by atoms with E-state index in [1.165, 1.54) is 11.3 Å². The maximum atomic E-state index is 6.28. The minimum absolute atomic E-state index is 0.137. The van der Waals surface area contributed by atoms with Crippen LogP contribution in [0.3, 0.4) is 0 Å². The Labute approximate surface area is 126 Å². The first kappa shape index (κ1) is 14.8. The Morgan fingerprint density at radius 3 is 2.79 bits per heavy atom. The average molecular weight is 342 g/mol. The van der Waals surface area contributed by atoms with Crippen LogP contribution in [-0.4, -0.2) is 15.8 Å². The monoisotopic (exact) mass is 341 g/mol. The molecule has 0 aromatic carbocycles. The summed E-state index contributed by atoms with van der Waals surface area (Å²) in [5.74, 6) is 0. The minimum atomic E-state index is 0.137. The highest BCUT2D eigenvalue weighted by Gasteiger charge is 2.16. The molecule has 104 valence electrons. The highest BCUT2D eigenvalue weighted by Crippen LogP contribution is 2.24. The number of nitrogens with zero attached hydrogens (tertiary/aromatic N) is 2. The van der Waals surface area contributed by atoms with E-state index in [0.29, 0.717) is 0 Å². The van der Waals surface area contributed by atoms with E-state index in [1.54, 1.807) is 11.3 Å². The molecule has 0 aliphatic carbocycles. The summed E-state index contributed by atoms with van der Waals surface area (Å²) in [6.45, 7) is 5.13. The summed E-state index contributed by atoms with van der Waals surface area (Å²) in [6.07, 6.45) is 2.73. The summed E-state index contributed by atoms with van der Waals surface area (Å²) < 4.78 is 3.20. The lowest BCUT2D eigenvalue weighted by Crippen LogP contribution is -2.26. The van der Waals surface area contributed by atoms with E-state index < -0.39 is 0 Å². The van der Waals surface area contributed by atoms with Crippen LogP contribution in [0.4, 0.5) is 0 Å². The summed E-state index contributed by atoms with van der Waals surface area (Å²) in [6, 6.07) is 2.28. The summed E-state index contributed by atoms with van der Waals surface area (Å²) in [4.78, 5) is 0. The van der Waals surface area contributed by atoms with Gasteiger partial charge >= 0.3 is 0 Å². The van der Waals surface area contributed by atoms with Gasteiger partial charge in [0.1, 0.15) is 0 Å². The van der Waals surface area contributed by atoms with Gasteiger partial charge in [-0.1, -0.05) is 6.92 Å². The maximum absolute atomic E-state index is 6.28. The number of nitrogens with two attached hydrogens (primary N) is 1. The van der Waals surface area contributed by atoms with Crippen molar-refractivity contribution in [3.05, 3.63) is 38.3 Å². The fourth-order valence-electron chi connectivity index (χ4n) is 2.24. The molecule has 2 heterocycles. The molecule has 2 N–H and O–H groups in total. The molecule has 5 heteroatoms. The number of halogens is 1. The van der Waals surface area contributed by atoms with Crippen LogP contribution in [0.5, 0.6) is 0 Å². The molecule has 1 atom stereocenters. The average Bonchev–Trinajstić information content (AvgIpc) is 2.99. The molecule has 0 radical (unpaired) electrons. The van der Waals surface area contributed by atoms with Crippen LogP contribution < -0.4 is 5.73 Å². The molecule has 3 nitrogen and oxygen atoms in total. The van der Waals surface area contributed by atoms with Crippen LogP contribution in [0.2, 0.25) is 0 Å². The largest absolute Gasteiger partial charge is 0.327 e. The lowest BCUT2D eigenvalue weighted by Gasteiger charge is -2.12. The molecule has 2 aromatic rings. The fraction of sp³-hybridized carbons (Fsp3) is 0.500. The Balaban J connectivity index is 2.11. The second-order valence-electron chi connectivity index (χ2n) is 4.68. The molecule has 19 heavy (non-hydrogen) atoms. The second kappa shape index (κ2) is 6.68. The third kappa shape index (κ3) is 3.46. The van der Waals surface area contributed by atoms with Gasteiger partial charge in [-0.05, 0) is 58.1 Å². The molecule has 0 amide bonds. The Bertz CT molecular complexity index is 519. The van der Waals surface area contributed by atoms with Crippen LogP contribution in [-0.2, 0) is 25.8 Å². The van der Waals surface area contributed by atoms with Crippen molar-refractivity contribution in [3.8, 4) is 0 Å². The van der Waals surface area contributed by atoms with Crippen molar-refractivity contribution in [1.82, 2.24) is 9.78 Å². The Kier molecular flexibility index (Phi) is 5.19. The van der Waals surface area contributed by atoms with Gasteiger partial charge in [-0.25, -0.2) is 0 Å². The van der Waals surface area contributed by atoms with Crippen LogP contribution in [0.1, 0.15) is 30.8 Å². The van der Waals surface area contributed by atoms with Crippen LogP contribution in [0.25, 0.3) is 0 Å². The number of hydrogen-bond donors (Lipinski definition) is 1. The van der Waals surface area contributed by atoms with E-state index in [-0.39, 0.29) is 6.04 Å². The van der Waals surface area contributed by atoms with Crippen molar-refractivity contribution in [2.24, 2.45) is 5.73 Å². The molecule has 1 unspecified atom stereocenters. The second-order valence-corrected chi connectivity index (χ2v) is 6.25. The first-order valence-electron chi connectivity index (χ1n) is 6.66. The van der Waals surface area contributed by atoms with Gasteiger partial charge in [0.25, 0.3) is 0 Å². The lowest BCUT2D eigenvalue weighted by molar-refractivity contribution is 0.572. The molecule has 0 bridgehead atoms. The summed E-state index contributed by atoms with van der Waals surface area (Å²) in [5, 5.41) is 8.88. The van der Waals surface area contributed by atoms with Gasteiger partial charge in [0.05, 0.1) is 15.9 Å². The predicted molar refractivity (Wildman–Crippen MR) is 84.7 cm³/mol. The number of thiophene rings is 1. The summed E-state index contributed by atoms with van der Waals surface area (Å²) in [7, 11) is 0.